The molecule has 1 saturated heterocycles. The molecule has 2 aliphatic rings. The average Bonchev–Trinajstić information content (AvgIpc) is 2.68. The fourth-order valence-electron chi connectivity index (χ4n) is 3.34. The summed E-state index contributed by atoms with van der Waals surface area (Å²) in [6.07, 6.45) is 4.27. The highest BCUT2D eigenvalue weighted by atomic mass is 32.2. The maximum absolute atomic E-state index is 12.9. The van der Waals surface area contributed by atoms with Crippen LogP contribution in [0.25, 0.3) is 0 Å². The van der Waals surface area contributed by atoms with Crippen molar-refractivity contribution in [3.05, 3.63) is 41.5 Å². The molecule has 0 aromatic heterocycles. The zero-order valence-electron chi connectivity index (χ0n) is 14.9. The van der Waals surface area contributed by atoms with E-state index >= 15 is 0 Å². The standard InChI is InChI=1S/C19H23N3O3S/c1-15-7-10-21(11-8-15)19(23)17-5-2-6-18(12-17)26(24,25)22-9-3-4-16(13-20)14-22/h2,5-7,12,16H,3-4,8-11,14H2,1H3. The van der Waals surface area contributed by atoms with E-state index in [-0.39, 0.29) is 23.3 Å². The second-order valence-corrected chi connectivity index (χ2v) is 8.85. The van der Waals surface area contributed by atoms with E-state index in [1.54, 1.807) is 17.0 Å². The van der Waals surface area contributed by atoms with Gasteiger partial charge >= 0.3 is 0 Å². The molecule has 1 amide bonds. The zero-order valence-corrected chi connectivity index (χ0v) is 15.7. The van der Waals surface area contributed by atoms with Gasteiger partial charge in [0.1, 0.15) is 0 Å². The number of carbonyl (C=O) groups excluding carboxylic acids is 1. The Hall–Kier alpha value is -2.17. The first-order chi connectivity index (χ1) is 12.4. The van der Waals surface area contributed by atoms with Crippen LogP contribution in [0.15, 0.2) is 40.8 Å². The topological polar surface area (TPSA) is 81.5 Å². The smallest absolute Gasteiger partial charge is 0.254 e. The number of carbonyl (C=O) groups is 1. The Kier molecular flexibility index (Phi) is 5.44. The van der Waals surface area contributed by atoms with Crippen LogP contribution in [-0.4, -0.2) is 49.7 Å². The summed E-state index contributed by atoms with van der Waals surface area (Å²) < 4.78 is 27.2. The molecule has 1 aromatic rings. The average molecular weight is 373 g/mol. The van der Waals surface area contributed by atoms with E-state index in [9.17, 15) is 13.2 Å². The van der Waals surface area contributed by atoms with Crippen LogP contribution in [0.5, 0.6) is 0 Å². The normalized spacial score (nSPS) is 21.8. The first-order valence-corrected chi connectivity index (χ1v) is 10.3. The summed E-state index contributed by atoms with van der Waals surface area (Å²) in [7, 11) is -3.70. The lowest BCUT2D eigenvalue weighted by Crippen LogP contribution is -2.39. The SMILES string of the molecule is CC1=CCN(C(=O)c2cccc(S(=O)(=O)N3CCCC(C#N)C3)c2)CC1. The number of hydrogen-bond donors (Lipinski definition) is 0. The second kappa shape index (κ2) is 7.60. The number of nitriles is 1. The third-order valence-corrected chi connectivity index (χ3v) is 6.87. The Labute approximate surface area is 154 Å². The molecular weight excluding hydrogens is 350 g/mol. The third kappa shape index (κ3) is 3.81. The number of hydrogen-bond acceptors (Lipinski definition) is 4. The molecule has 1 atom stereocenters. The van der Waals surface area contributed by atoms with Gasteiger partial charge in [-0.25, -0.2) is 8.42 Å². The number of nitrogens with zero attached hydrogens (tertiary/aromatic N) is 3. The van der Waals surface area contributed by atoms with E-state index in [4.69, 9.17) is 5.26 Å². The van der Waals surface area contributed by atoms with Gasteiger partial charge in [-0.3, -0.25) is 4.79 Å². The molecule has 0 saturated carbocycles. The van der Waals surface area contributed by atoms with E-state index in [1.165, 1.54) is 22.0 Å². The van der Waals surface area contributed by atoms with Crippen molar-refractivity contribution in [2.24, 2.45) is 5.92 Å². The summed E-state index contributed by atoms with van der Waals surface area (Å²) >= 11 is 0. The maximum atomic E-state index is 12.9. The summed E-state index contributed by atoms with van der Waals surface area (Å²) in [6, 6.07) is 8.40. The van der Waals surface area contributed by atoms with Gasteiger partial charge in [-0.05, 0) is 44.4 Å². The lowest BCUT2D eigenvalue weighted by atomic mass is 10.0. The minimum atomic E-state index is -3.70. The number of benzene rings is 1. The van der Waals surface area contributed by atoms with Gasteiger partial charge in [0.05, 0.1) is 16.9 Å². The number of piperidine rings is 1. The van der Waals surface area contributed by atoms with Gasteiger partial charge in [-0.2, -0.15) is 9.57 Å². The van der Waals surface area contributed by atoms with Crippen molar-refractivity contribution < 1.29 is 13.2 Å². The van der Waals surface area contributed by atoms with Crippen molar-refractivity contribution in [1.29, 1.82) is 5.26 Å². The minimum absolute atomic E-state index is 0.116. The Bertz CT molecular complexity index is 870. The zero-order chi connectivity index (χ0) is 18.7. The van der Waals surface area contributed by atoms with Gasteiger partial charge in [-0.15, -0.1) is 0 Å². The van der Waals surface area contributed by atoms with Crippen LogP contribution in [0.3, 0.4) is 0 Å². The summed E-state index contributed by atoms with van der Waals surface area (Å²) in [5.41, 5.74) is 1.65. The fourth-order valence-corrected chi connectivity index (χ4v) is 4.91. The number of amides is 1. The Balaban J connectivity index is 1.82. The molecule has 26 heavy (non-hydrogen) atoms. The molecule has 0 N–H and O–H groups in total. The Morgan fingerprint density at radius 2 is 2.12 bits per heavy atom. The predicted molar refractivity (Wildman–Crippen MR) is 97.8 cm³/mol. The molecule has 1 aromatic carbocycles. The van der Waals surface area contributed by atoms with E-state index in [0.29, 0.717) is 31.6 Å². The van der Waals surface area contributed by atoms with E-state index < -0.39 is 10.0 Å². The summed E-state index contributed by atoms with van der Waals surface area (Å²) in [4.78, 5) is 14.5. The van der Waals surface area contributed by atoms with Gasteiger partial charge < -0.3 is 4.90 Å². The first kappa shape index (κ1) is 18.6. The molecule has 0 aliphatic carbocycles. The monoisotopic (exact) mass is 373 g/mol. The number of rotatable bonds is 3. The molecule has 3 rings (SSSR count). The number of sulfonamides is 1. The van der Waals surface area contributed by atoms with Crippen LogP contribution in [-0.2, 0) is 10.0 Å². The largest absolute Gasteiger partial charge is 0.335 e. The maximum Gasteiger partial charge on any atom is 0.254 e. The van der Waals surface area contributed by atoms with Crippen LogP contribution < -0.4 is 0 Å². The highest BCUT2D eigenvalue weighted by Gasteiger charge is 2.31. The Morgan fingerprint density at radius 1 is 1.31 bits per heavy atom. The van der Waals surface area contributed by atoms with Crippen LogP contribution >= 0.6 is 0 Å². The van der Waals surface area contributed by atoms with Crippen molar-refractivity contribution in [3.63, 3.8) is 0 Å². The van der Waals surface area contributed by atoms with Crippen molar-refractivity contribution >= 4 is 15.9 Å². The van der Waals surface area contributed by atoms with Crippen molar-refractivity contribution in [2.45, 2.75) is 31.1 Å². The lowest BCUT2D eigenvalue weighted by molar-refractivity contribution is 0.0769. The minimum Gasteiger partial charge on any atom is -0.335 e. The molecule has 7 heteroatoms. The summed E-state index contributed by atoms with van der Waals surface area (Å²) in [5.74, 6) is -0.425. The highest BCUT2D eigenvalue weighted by molar-refractivity contribution is 7.89. The molecule has 6 nitrogen and oxygen atoms in total. The molecule has 2 heterocycles. The summed E-state index contributed by atoms with van der Waals surface area (Å²) in [5, 5.41) is 9.10. The van der Waals surface area contributed by atoms with Gasteiger partial charge in [0.15, 0.2) is 0 Å². The van der Waals surface area contributed by atoms with E-state index in [0.717, 1.165) is 12.8 Å². The fraction of sp³-hybridized carbons (Fsp3) is 0.474. The molecule has 0 bridgehead atoms. The van der Waals surface area contributed by atoms with E-state index in [2.05, 4.69) is 6.07 Å². The molecule has 0 radical (unpaired) electrons. The van der Waals surface area contributed by atoms with Crippen molar-refractivity contribution in [2.75, 3.05) is 26.2 Å². The molecule has 1 unspecified atom stereocenters. The molecule has 138 valence electrons. The Morgan fingerprint density at radius 3 is 2.81 bits per heavy atom. The van der Waals surface area contributed by atoms with Gasteiger partial charge in [0.2, 0.25) is 10.0 Å². The van der Waals surface area contributed by atoms with Gasteiger partial charge in [0, 0.05) is 31.7 Å². The molecular formula is C19H23N3O3S. The van der Waals surface area contributed by atoms with Crippen LogP contribution in [0.1, 0.15) is 36.5 Å². The van der Waals surface area contributed by atoms with E-state index in [1.807, 2.05) is 13.0 Å². The third-order valence-electron chi connectivity index (χ3n) is 5.01. The highest BCUT2D eigenvalue weighted by Crippen LogP contribution is 2.24. The molecule has 0 spiro atoms. The van der Waals surface area contributed by atoms with Gasteiger partial charge in [0.25, 0.3) is 5.91 Å². The van der Waals surface area contributed by atoms with Crippen LogP contribution in [0, 0.1) is 17.2 Å². The predicted octanol–water partition coefficient (Wildman–Crippen LogP) is 2.40. The first-order valence-electron chi connectivity index (χ1n) is 8.86. The molecule has 1 fully saturated rings. The van der Waals surface area contributed by atoms with Crippen molar-refractivity contribution in [3.8, 4) is 6.07 Å². The molecule has 2 aliphatic heterocycles. The summed E-state index contributed by atoms with van der Waals surface area (Å²) in [6.45, 7) is 3.87. The quantitative estimate of drug-likeness (QED) is 0.762. The van der Waals surface area contributed by atoms with Crippen molar-refractivity contribution in [1.82, 2.24) is 9.21 Å². The van der Waals surface area contributed by atoms with Crippen LogP contribution in [0.2, 0.25) is 0 Å². The lowest BCUT2D eigenvalue weighted by Gasteiger charge is -2.29. The van der Waals surface area contributed by atoms with Gasteiger partial charge in [-0.1, -0.05) is 17.7 Å². The van der Waals surface area contributed by atoms with Crippen LogP contribution in [0.4, 0.5) is 0 Å². The second-order valence-electron chi connectivity index (χ2n) is 6.91.